The molecule has 1 atom stereocenters. The predicted octanol–water partition coefficient (Wildman–Crippen LogP) is 4.29. The zero-order valence-corrected chi connectivity index (χ0v) is 16.7. The molecule has 0 aliphatic carbocycles. The SMILES string of the molecule is CC(Oc1cc(-c2ccc(CN(C)C)cc2)cc(C(F)(F)F)c1)C(=O)N(C)C. The molecule has 0 radical (unpaired) electrons. The first-order valence-corrected chi connectivity index (χ1v) is 8.81. The van der Waals surface area contributed by atoms with E-state index in [0.29, 0.717) is 11.1 Å². The molecule has 0 aliphatic rings. The average Bonchev–Trinajstić information content (AvgIpc) is 2.60. The van der Waals surface area contributed by atoms with Crippen LogP contribution in [0.1, 0.15) is 18.1 Å². The number of hydrogen-bond donors (Lipinski definition) is 0. The van der Waals surface area contributed by atoms with Gasteiger partial charge in [-0.15, -0.1) is 0 Å². The van der Waals surface area contributed by atoms with Crippen molar-refractivity contribution in [3.8, 4) is 16.9 Å². The molecule has 4 nitrogen and oxygen atoms in total. The lowest BCUT2D eigenvalue weighted by molar-refractivity contribution is -0.137. The molecular weight excluding hydrogens is 369 g/mol. The molecule has 0 spiro atoms. The summed E-state index contributed by atoms with van der Waals surface area (Å²) in [7, 11) is 7.02. The smallest absolute Gasteiger partial charge is 0.416 e. The average molecular weight is 394 g/mol. The lowest BCUT2D eigenvalue weighted by Crippen LogP contribution is -2.35. The first-order chi connectivity index (χ1) is 13.0. The third-order valence-electron chi connectivity index (χ3n) is 4.12. The van der Waals surface area contributed by atoms with Crippen molar-refractivity contribution < 1.29 is 22.7 Å². The fourth-order valence-electron chi connectivity index (χ4n) is 2.78. The second kappa shape index (κ2) is 8.65. The summed E-state index contributed by atoms with van der Waals surface area (Å²) in [6.07, 6.45) is -5.41. The van der Waals surface area contributed by atoms with Crippen LogP contribution in [0.5, 0.6) is 5.75 Å². The summed E-state index contributed by atoms with van der Waals surface area (Å²) in [5, 5.41) is 0. The minimum absolute atomic E-state index is 0.00453. The summed E-state index contributed by atoms with van der Waals surface area (Å²) in [5.41, 5.74) is 1.26. The van der Waals surface area contributed by atoms with Crippen LogP contribution < -0.4 is 4.74 Å². The number of ether oxygens (including phenoxy) is 1. The largest absolute Gasteiger partial charge is 0.481 e. The molecule has 28 heavy (non-hydrogen) atoms. The number of hydrogen-bond acceptors (Lipinski definition) is 3. The van der Waals surface area contributed by atoms with Crippen LogP contribution in [0.25, 0.3) is 11.1 Å². The fraction of sp³-hybridized carbons (Fsp3) is 0.381. The van der Waals surface area contributed by atoms with Crippen molar-refractivity contribution in [2.45, 2.75) is 25.7 Å². The number of benzene rings is 2. The molecule has 152 valence electrons. The summed E-state index contributed by atoms with van der Waals surface area (Å²) in [6.45, 7) is 2.25. The number of alkyl halides is 3. The maximum Gasteiger partial charge on any atom is 0.416 e. The summed E-state index contributed by atoms with van der Waals surface area (Å²) < 4.78 is 45.6. The van der Waals surface area contributed by atoms with Crippen LogP contribution in [-0.4, -0.2) is 50.0 Å². The van der Waals surface area contributed by atoms with Crippen molar-refractivity contribution in [1.29, 1.82) is 0 Å². The Morgan fingerprint density at radius 2 is 1.61 bits per heavy atom. The van der Waals surface area contributed by atoms with Crippen LogP contribution in [0.15, 0.2) is 42.5 Å². The van der Waals surface area contributed by atoms with E-state index in [-0.39, 0.29) is 11.7 Å². The lowest BCUT2D eigenvalue weighted by Gasteiger charge is -2.20. The van der Waals surface area contributed by atoms with Crippen molar-refractivity contribution in [1.82, 2.24) is 9.80 Å². The number of carbonyl (C=O) groups is 1. The van der Waals surface area contributed by atoms with E-state index in [1.165, 1.54) is 17.9 Å². The molecule has 0 saturated heterocycles. The minimum atomic E-state index is -4.52. The van der Waals surface area contributed by atoms with Crippen LogP contribution in [0.3, 0.4) is 0 Å². The highest BCUT2D eigenvalue weighted by atomic mass is 19.4. The standard InChI is InChI=1S/C21H25F3N2O2/c1-14(20(27)26(4)5)28-19-11-17(10-18(12-19)21(22,23)24)16-8-6-15(7-9-16)13-25(2)3/h6-12,14H,13H2,1-5H3. The van der Waals surface area contributed by atoms with Crippen molar-refractivity contribution in [2.24, 2.45) is 0 Å². The van der Waals surface area contributed by atoms with Crippen molar-refractivity contribution in [2.75, 3.05) is 28.2 Å². The van der Waals surface area contributed by atoms with Gasteiger partial charge >= 0.3 is 6.18 Å². The van der Waals surface area contributed by atoms with Gasteiger partial charge in [0.25, 0.3) is 5.91 Å². The van der Waals surface area contributed by atoms with Crippen LogP contribution in [0, 0.1) is 0 Å². The Bertz CT molecular complexity index is 815. The Hall–Kier alpha value is -2.54. The highest BCUT2D eigenvalue weighted by molar-refractivity contribution is 5.80. The molecule has 2 rings (SSSR count). The van der Waals surface area contributed by atoms with Gasteiger partial charge in [-0.1, -0.05) is 24.3 Å². The summed E-state index contributed by atoms with van der Waals surface area (Å²) in [4.78, 5) is 15.3. The molecule has 1 unspecified atom stereocenters. The highest BCUT2D eigenvalue weighted by Gasteiger charge is 2.32. The Kier molecular flexibility index (Phi) is 6.72. The van der Waals surface area contributed by atoms with Gasteiger partial charge < -0.3 is 14.5 Å². The van der Waals surface area contributed by atoms with E-state index in [0.717, 1.165) is 24.2 Å². The molecule has 0 N–H and O–H groups in total. The van der Waals surface area contributed by atoms with Gasteiger partial charge in [0, 0.05) is 20.6 Å². The Morgan fingerprint density at radius 3 is 2.11 bits per heavy atom. The molecule has 2 aromatic rings. The number of likely N-dealkylation sites (N-methyl/N-ethyl adjacent to an activating group) is 1. The number of amides is 1. The number of rotatable bonds is 6. The Labute approximate surface area is 163 Å². The molecule has 0 aromatic heterocycles. The summed E-state index contributed by atoms with van der Waals surface area (Å²) in [5.74, 6) is -0.322. The van der Waals surface area contributed by atoms with E-state index in [2.05, 4.69) is 0 Å². The maximum absolute atomic E-state index is 13.4. The topological polar surface area (TPSA) is 32.8 Å². The van der Waals surface area contributed by atoms with E-state index >= 15 is 0 Å². The van der Waals surface area contributed by atoms with Gasteiger partial charge in [-0.05, 0) is 55.9 Å². The van der Waals surface area contributed by atoms with Crippen LogP contribution in [0.4, 0.5) is 13.2 Å². The van der Waals surface area contributed by atoms with Gasteiger partial charge in [0.1, 0.15) is 5.75 Å². The van der Waals surface area contributed by atoms with Gasteiger partial charge in [0.15, 0.2) is 6.10 Å². The quantitative estimate of drug-likeness (QED) is 0.733. The Balaban J connectivity index is 2.39. The molecule has 1 amide bonds. The Morgan fingerprint density at radius 1 is 1.00 bits per heavy atom. The van der Waals surface area contributed by atoms with E-state index in [1.54, 1.807) is 26.2 Å². The first-order valence-electron chi connectivity index (χ1n) is 8.81. The van der Waals surface area contributed by atoms with Crippen molar-refractivity contribution >= 4 is 5.91 Å². The van der Waals surface area contributed by atoms with Crippen LogP contribution >= 0.6 is 0 Å². The molecular formula is C21H25F3N2O2. The van der Waals surface area contributed by atoms with Gasteiger partial charge in [-0.3, -0.25) is 4.79 Å². The summed E-state index contributed by atoms with van der Waals surface area (Å²) >= 11 is 0. The second-order valence-electron chi connectivity index (χ2n) is 7.17. The van der Waals surface area contributed by atoms with E-state index in [4.69, 9.17) is 4.74 Å². The molecule has 0 bridgehead atoms. The van der Waals surface area contributed by atoms with Crippen LogP contribution in [-0.2, 0) is 17.5 Å². The molecule has 0 saturated carbocycles. The van der Waals surface area contributed by atoms with Crippen LogP contribution in [0.2, 0.25) is 0 Å². The molecule has 0 heterocycles. The van der Waals surface area contributed by atoms with E-state index in [9.17, 15) is 18.0 Å². The zero-order chi connectivity index (χ0) is 21.1. The van der Waals surface area contributed by atoms with Gasteiger partial charge in [-0.2, -0.15) is 13.2 Å². The van der Waals surface area contributed by atoms with Crippen molar-refractivity contribution in [3.63, 3.8) is 0 Å². The first kappa shape index (κ1) is 21.8. The predicted molar refractivity (Wildman–Crippen MR) is 103 cm³/mol. The molecule has 2 aromatic carbocycles. The van der Waals surface area contributed by atoms with E-state index in [1.807, 2.05) is 31.1 Å². The van der Waals surface area contributed by atoms with Gasteiger partial charge in [-0.25, -0.2) is 0 Å². The summed E-state index contributed by atoms with van der Waals surface area (Å²) in [6, 6.07) is 10.9. The van der Waals surface area contributed by atoms with E-state index < -0.39 is 17.8 Å². The number of nitrogens with zero attached hydrogens (tertiary/aromatic N) is 2. The monoisotopic (exact) mass is 394 g/mol. The molecule has 0 aliphatic heterocycles. The lowest BCUT2D eigenvalue weighted by atomic mass is 10.0. The molecule has 0 fully saturated rings. The zero-order valence-electron chi connectivity index (χ0n) is 16.7. The maximum atomic E-state index is 13.4. The third kappa shape index (κ3) is 5.73. The number of carbonyl (C=O) groups excluding carboxylic acids is 1. The highest BCUT2D eigenvalue weighted by Crippen LogP contribution is 2.36. The minimum Gasteiger partial charge on any atom is -0.481 e. The second-order valence-corrected chi connectivity index (χ2v) is 7.17. The van der Waals surface area contributed by atoms with Gasteiger partial charge in [0.2, 0.25) is 0 Å². The normalized spacial score (nSPS) is 12.8. The fourth-order valence-corrected chi connectivity index (χ4v) is 2.78. The third-order valence-corrected chi connectivity index (χ3v) is 4.12. The molecule has 7 heteroatoms. The van der Waals surface area contributed by atoms with Gasteiger partial charge in [0.05, 0.1) is 5.56 Å². The number of halogens is 3. The van der Waals surface area contributed by atoms with Crippen molar-refractivity contribution in [3.05, 3.63) is 53.6 Å².